The Hall–Kier alpha value is -7.44. The van der Waals surface area contributed by atoms with E-state index in [0.717, 1.165) is 11.1 Å². The van der Waals surface area contributed by atoms with Crippen molar-refractivity contribution in [2.75, 3.05) is 133 Å². The van der Waals surface area contributed by atoms with Crippen molar-refractivity contribution >= 4 is 94.0 Å². The molecule has 0 fully saturated rings. The molecule has 2 radical (unpaired) electrons. The fraction of sp³-hybridized carbons (Fsp3) is 0.633. The number of pyridine rings is 2. The van der Waals surface area contributed by atoms with Crippen molar-refractivity contribution in [2.24, 2.45) is 0 Å². The van der Waals surface area contributed by atoms with E-state index in [4.69, 9.17) is 29.2 Å². The first-order chi connectivity index (χ1) is 55.7. The van der Waals surface area contributed by atoms with E-state index >= 15 is 0 Å². The molecule has 6 atom stereocenters. The fourth-order valence-corrected chi connectivity index (χ4v) is 14.2. The van der Waals surface area contributed by atoms with Crippen LogP contribution in [0.3, 0.4) is 0 Å². The molecule has 0 aliphatic carbocycles. The SMILES string of the molecule is CCOc1c(NCCOCCOCCNc2nc(NCCCc3cc4nc(c3)CN(C(CCC(C)=O)C(=O)O)CCN(C(CCC(C)=O)C(=O)O)CCN(C(CCC(C)=O)C(=O)O)C4)nc(NCCCc3cc4nc(c3)CN(C(CCC(C)=O)C(=O)O)CCN(C(CCC(C)=O)C(=O)O)CCN(C(CCC(C)=O)C(=O)O)C4)n2)c(=O)c1=O.[Gd+3].[Gd+3]. The third kappa shape index (κ3) is 36.6. The van der Waals surface area contributed by atoms with E-state index in [9.17, 15) is 97.8 Å². The van der Waals surface area contributed by atoms with Crippen LogP contribution in [0.1, 0.15) is 172 Å². The molecular formula is C79H115Gd2N15O23+6. The van der Waals surface area contributed by atoms with Gasteiger partial charge in [0.25, 0.3) is 10.9 Å². The van der Waals surface area contributed by atoms with Crippen molar-refractivity contribution < 1.29 is 182 Å². The molecule has 654 valence electrons. The van der Waals surface area contributed by atoms with Crippen molar-refractivity contribution in [2.45, 2.75) is 214 Å². The van der Waals surface area contributed by atoms with Crippen LogP contribution in [-0.2, 0) is 106 Å². The van der Waals surface area contributed by atoms with Crippen LogP contribution in [0.2, 0.25) is 0 Å². The van der Waals surface area contributed by atoms with Crippen LogP contribution >= 0.6 is 0 Å². The number of carbonyl (C=O) groups is 12. The van der Waals surface area contributed by atoms with E-state index in [1.54, 1.807) is 60.6 Å². The standard InChI is InChI=1S/C79H115N15O23.2Gd/c1-8-117-70-67(68(101)69(70)102)80-27-37-115-39-40-116-38-28-83-79-87-77(81-25-9-11-55-41-57-45-91(63(73(107)108)21-15-51(4)97)33-29-89(61(71(103)104)19-13-49(2)95)30-34-92(46-58(42-55)84-57)64(74(109)110)22-16-52(5)98)86-78(88-79)82-26-10-12-56-43-59-47-93(65(75(111)112)23-17-53(6)99)35-31-90(62(72(105)106)20-14-50(3)96)32-36-94(48-60(44-56)85-59)66(76(113)114)24-18-54(7)100;;/h41-44,61-66,80H,8-40,45-48H2,1-7H3,(H,103,104)(H,105,106)(H,107,108)(H,109,110)(H,111,112)(H,113,114)(H3,81,82,83,86,87,88);;/q;2*+3. The van der Waals surface area contributed by atoms with Gasteiger partial charge in [0.05, 0.1) is 55.8 Å². The number of ketones is 6. The zero-order valence-corrected chi connectivity index (χ0v) is 73.2. The minimum Gasteiger partial charge on any atom is -0.488 e. The normalized spacial score (nSPS) is 15.8. The number of anilines is 4. The molecule has 4 aromatic rings. The summed E-state index contributed by atoms with van der Waals surface area (Å²) in [6, 6.07) is -0.103. The average Bonchev–Trinajstić information content (AvgIpc) is 0.783. The molecule has 119 heavy (non-hydrogen) atoms. The van der Waals surface area contributed by atoms with Crippen molar-refractivity contribution in [3.05, 3.63) is 78.6 Å². The molecule has 0 amide bonds. The molecule has 5 heterocycles. The molecular weight excluding hydrogens is 1840 g/mol. The van der Waals surface area contributed by atoms with Crippen molar-refractivity contribution in [1.82, 2.24) is 54.3 Å². The summed E-state index contributed by atoms with van der Waals surface area (Å²) in [7, 11) is 0. The zero-order valence-electron chi connectivity index (χ0n) is 68.7. The van der Waals surface area contributed by atoms with Crippen molar-refractivity contribution in [1.29, 1.82) is 0 Å². The maximum Gasteiger partial charge on any atom is 3.00 e. The number of aromatic nitrogens is 5. The van der Waals surface area contributed by atoms with E-state index in [2.05, 4.69) is 31.2 Å². The number of fused-ring (bicyclic) bond motifs is 4. The Balaban J connectivity index is 0.0000149. The van der Waals surface area contributed by atoms with Gasteiger partial charge in [0, 0.05) is 143 Å². The summed E-state index contributed by atoms with van der Waals surface area (Å²) < 4.78 is 16.7. The molecule has 6 unspecified atom stereocenters. The summed E-state index contributed by atoms with van der Waals surface area (Å²) >= 11 is 0. The van der Waals surface area contributed by atoms with Crippen LogP contribution in [0, 0.1) is 79.9 Å². The minimum absolute atomic E-state index is 0. The third-order valence-corrected chi connectivity index (χ3v) is 20.2. The second-order valence-electron chi connectivity index (χ2n) is 29.7. The molecule has 40 heteroatoms. The Morgan fingerprint density at radius 3 is 0.874 bits per heavy atom. The van der Waals surface area contributed by atoms with Gasteiger partial charge in [-0.15, -0.1) is 0 Å². The largest absolute Gasteiger partial charge is 3.00 e. The third-order valence-electron chi connectivity index (χ3n) is 20.2. The molecule has 0 saturated heterocycles. The van der Waals surface area contributed by atoms with E-state index in [1.807, 2.05) is 0 Å². The number of ether oxygens (including phenoxy) is 3. The average molecular weight is 1960 g/mol. The Morgan fingerprint density at radius 1 is 0.361 bits per heavy atom. The second-order valence-corrected chi connectivity index (χ2v) is 29.7. The first-order valence-corrected chi connectivity index (χ1v) is 39.8. The molecule has 3 aromatic heterocycles. The number of Topliss-reactive ketones (excluding diaryl/α,β-unsaturated/α-hetero) is 6. The number of hydrogen-bond acceptors (Lipinski definition) is 32. The van der Waals surface area contributed by atoms with Gasteiger partial charge < -0.3 is 94.9 Å². The van der Waals surface area contributed by atoms with E-state index in [1.165, 1.54) is 41.5 Å². The molecule has 0 spiro atoms. The van der Waals surface area contributed by atoms with Gasteiger partial charge >= 0.3 is 116 Å². The van der Waals surface area contributed by atoms with Crippen molar-refractivity contribution in [3.8, 4) is 5.75 Å². The Morgan fingerprint density at radius 2 is 0.613 bits per heavy atom. The Labute approximate surface area is 755 Å². The van der Waals surface area contributed by atoms with E-state index in [0.29, 0.717) is 48.5 Å². The number of aryl methyl sites for hydroxylation is 2. The first-order valence-electron chi connectivity index (χ1n) is 39.8. The number of aliphatic carboxylic acids is 6. The van der Waals surface area contributed by atoms with E-state index in [-0.39, 0.29) is 359 Å². The van der Waals surface area contributed by atoms with Gasteiger partial charge in [-0.25, -0.2) is 0 Å². The summed E-state index contributed by atoms with van der Waals surface area (Å²) in [6.45, 7) is 11.1. The Bertz CT molecular complexity index is 3790. The number of carbonyl (C=O) groups excluding carboxylic acids is 6. The summed E-state index contributed by atoms with van der Waals surface area (Å²) in [6.07, 6.45) is 0.728. The number of carboxylic acids is 6. The molecule has 2 aliphatic heterocycles. The zero-order chi connectivity index (χ0) is 85.8. The molecule has 38 nitrogen and oxygen atoms in total. The van der Waals surface area contributed by atoms with Crippen LogP contribution < -0.4 is 36.9 Å². The molecule has 1 aromatic carbocycles. The van der Waals surface area contributed by atoms with Crippen molar-refractivity contribution in [3.63, 3.8) is 0 Å². The fourth-order valence-electron chi connectivity index (χ4n) is 14.2. The van der Waals surface area contributed by atoms with Gasteiger partial charge in [-0.05, 0) is 148 Å². The van der Waals surface area contributed by atoms with Gasteiger partial charge in [-0.2, -0.15) is 15.0 Å². The van der Waals surface area contributed by atoms with Gasteiger partial charge in [0.2, 0.25) is 17.8 Å². The second kappa shape index (κ2) is 54.1. The predicted molar refractivity (Wildman–Crippen MR) is 426 cm³/mol. The quantitative estimate of drug-likeness (QED) is 0.0224. The van der Waals surface area contributed by atoms with Crippen LogP contribution in [0.25, 0.3) is 0 Å². The van der Waals surface area contributed by atoms with Gasteiger partial charge in [0.15, 0.2) is 5.75 Å². The maximum atomic E-state index is 13.2. The first kappa shape index (κ1) is 104. The summed E-state index contributed by atoms with van der Waals surface area (Å²) in [5.41, 5.74) is 1.84. The van der Waals surface area contributed by atoms with Crippen LogP contribution in [0.5, 0.6) is 5.75 Å². The van der Waals surface area contributed by atoms with Crippen LogP contribution in [0.15, 0.2) is 33.9 Å². The smallest absolute Gasteiger partial charge is 0.488 e. The number of hydrogen-bond donors (Lipinski definition) is 10. The van der Waals surface area contributed by atoms with Gasteiger partial charge in [-0.1, -0.05) is 0 Å². The predicted octanol–water partition coefficient (Wildman–Crippen LogP) is 3.08. The number of nitrogens with one attached hydrogen (secondary N) is 4. The van der Waals surface area contributed by atoms with Gasteiger partial charge in [-0.3, -0.25) is 77.7 Å². The van der Waals surface area contributed by atoms with Crippen LogP contribution in [0.4, 0.5) is 23.5 Å². The molecule has 4 bridgehead atoms. The van der Waals surface area contributed by atoms with Crippen LogP contribution in [-0.4, -0.2) is 303 Å². The minimum atomic E-state index is -1.23. The molecule has 2 aliphatic rings. The summed E-state index contributed by atoms with van der Waals surface area (Å²) in [5.74, 6) is -8.36. The monoisotopic (exact) mass is 1960 g/mol. The molecule has 10 N–H and O–H groups in total. The molecule has 6 rings (SSSR count). The molecule has 0 saturated carbocycles. The number of carboxylic acid groups (broad SMARTS) is 6. The Kier molecular flexibility index (Phi) is 47.3. The summed E-state index contributed by atoms with van der Waals surface area (Å²) in [4.78, 5) is 210. The summed E-state index contributed by atoms with van der Waals surface area (Å²) in [5, 5.41) is 76.7. The van der Waals surface area contributed by atoms with Gasteiger partial charge in [0.1, 0.15) is 76.6 Å². The topological polar surface area (TPSA) is 520 Å². The number of rotatable bonds is 53. The van der Waals surface area contributed by atoms with E-state index < -0.39 is 82.9 Å². The number of nitrogens with zero attached hydrogens (tertiary/aromatic N) is 11. The maximum absolute atomic E-state index is 13.2.